The summed E-state index contributed by atoms with van der Waals surface area (Å²) in [4.78, 5) is 22.0. The fourth-order valence-electron chi connectivity index (χ4n) is 1.43. The molecule has 0 aliphatic carbocycles. The number of carbonyl (C=O) groups is 2. The van der Waals surface area contributed by atoms with Crippen molar-refractivity contribution in [3.8, 4) is 0 Å². The van der Waals surface area contributed by atoms with Gasteiger partial charge in [0.05, 0.1) is 0 Å². The summed E-state index contributed by atoms with van der Waals surface area (Å²) in [6.07, 6.45) is 7.04. The van der Waals surface area contributed by atoms with Crippen LogP contribution in [0.5, 0.6) is 0 Å². The Morgan fingerprint density at radius 3 is 2.56 bits per heavy atom. The largest absolute Gasteiger partial charge is 0.303 e. The van der Waals surface area contributed by atoms with Gasteiger partial charge in [0, 0.05) is 19.3 Å². The minimum atomic E-state index is -0.204. The van der Waals surface area contributed by atoms with Gasteiger partial charge in [0.25, 0.3) is 0 Å². The predicted molar refractivity (Wildman–Crippen MR) is 67.0 cm³/mol. The number of carbonyl (C=O) groups excluding carboxylic acids is 2. The quantitative estimate of drug-likeness (QED) is 0.467. The monoisotopic (exact) mass is 223 g/mol. The highest BCUT2D eigenvalue weighted by Gasteiger charge is 2.20. The number of ketones is 1. The zero-order valence-electron chi connectivity index (χ0n) is 10.7. The van der Waals surface area contributed by atoms with E-state index in [1.165, 1.54) is 0 Å². The highest BCUT2D eigenvalue weighted by atomic mass is 16.1. The lowest BCUT2D eigenvalue weighted by molar-refractivity contribution is -0.120. The number of hydrogen-bond donors (Lipinski definition) is 0. The van der Waals surface area contributed by atoms with Crippen LogP contribution in [0, 0.1) is 18.3 Å². The molecule has 0 aliphatic heterocycles. The van der Waals surface area contributed by atoms with E-state index in [1.54, 1.807) is 0 Å². The van der Waals surface area contributed by atoms with Crippen molar-refractivity contribution in [2.24, 2.45) is 11.3 Å². The maximum Gasteiger partial charge on any atom is 0.137 e. The lowest BCUT2D eigenvalue weighted by Crippen LogP contribution is -2.17. The van der Waals surface area contributed by atoms with Crippen molar-refractivity contribution in [1.82, 2.24) is 0 Å². The van der Waals surface area contributed by atoms with Gasteiger partial charge >= 0.3 is 0 Å². The van der Waals surface area contributed by atoms with E-state index in [9.17, 15) is 9.59 Å². The van der Waals surface area contributed by atoms with Gasteiger partial charge in [-0.2, -0.15) is 0 Å². The van der Waals surface area contributed by atoms with Crippen LogP contribution in [-0.2, 0) is 9.59 Å². The molecule has 0 fully saturated rings. The highest BCUT2D eigenvalue weighted by molar-refractivity contribution is 5.80. The molecule has 0 rings (SSSR count). The topological polar surface area (TPSA) is 34.1 Å². The van der Waals surface area contributed by atoms with Gasteiger partial charge in [0.15, 0.2) is 0 Å². The van der Waals surface area contributed by atoms with Crippen molar-refractivity contribution >= 4 is 12.1 Å². The second-order valence-corrected chi connectivity index (χ2v) is 5.15. The summed E-state index contributed by atoms with van der Waals surface area (Å²) in [5, 5.41) is 0. The second-order valence-electron chi connectivity index (χ2n) is 5.15. The lowest BCUT2D eigenvalue weighted by Gasteiger charge is -2.20. The van der Waals surface area contributed by atoms with Crippen LogP contribution in [-0.4, -0.2) is 12.1 Å². The molecule has 0 spiro atoms. The smallest absolute Gasteiger partial charge is 0.137 e. The maximum absolute atomic E-state index is 11.6. The number of aldehydes is 1. The molecule has 0 aromatic heterocycles. The molecule has 2 heteroatoms. The van der Waals surface area contributed by atoms with Gasteiger partial charge in [-0.05, 0) is 17.8 Å². The molecule has 0 N–H and O–H groups in total. The summed E-state index contributed by atoms with van der Waals surface area (Å²) in [5.41, 5.74) is -0.204. The fourth-order valence-corrected chi connectivity index (χ4v) is 1.43. The van der Waals surface area contributed by atoms with Crippen molar-refractivity contribution in [2.75, 3.05) is 0 Å². The Hall–Kier alpha value is -0.920. The van der Waals surface area contributed by atoms with Gasteiger partial charge in [0.1, 0.15) is 12.1 Å². The Morgan fingerprint density at radius 2 is 2.06 bits per heavy atom. The summed E-state index contributed by atoms with van der Waals surface area (Å²) in [6.45, 7) is 9.76. The van der Waals surface area contributed by atoms with E-state index < -0.39 is 0 Å². The number of Topliss-reactive ketones (excluding diaryl/α,β-unsaturated/α-hetero) is 1. The van der Waals surface area contributed by atoms with E-state index in [2.05, 4.69) is 13.8 Å². The van der Waals surface area contributed by atoms with Gasteiger partial charge in [-0.1, -0.05) is 39.8 Å². The average Bonchev–Trinajstić information content (AvgIpc) is 2.16. The number of hydrogen-bond acceptors (Lipinski definition) is 2. The lowest BCUT2D eigenvalue weighted by atomic mass is 9.84. The van der Waals surface area contributed by atoms with E-state index in [0.717, 1.165) is 12.7 Å². The van der Waals surface area contributed by atoms with Crippen LogP contribution in [0.4, 0.5) is 0 Å². The van der Waals surface area contributed by atoms with Crippen LogP contribution in [0.2, 0.25) is 0 Å². The zero-order valence-corrected chi connectivity index (χ0v) is 10.7. The minimum Gasteiger partial charge on any atom is -0.303 e. The highest BCUT2D eigenvalue weighted by Crippen LogP contribution is 2.24. The normalized spacial score (nSPS) is 14.0. The molecule has 0 bridgehead atoms. The number of rotatable bonds is 8. The molecular formula is C14H23O2. The molecule has 0 aromatic rings. The molecule has 16 heavy (non-hydrogen) atoms. The van der Waals surface area contributed by atoms with Crippen molar-refractivity contribution in [3.63, 3.8) is 0 Å². The average molecular weight is 223 g/mol. The Balaban J connectivity index is 3.99. The van der Waals surface area contributed by atoms with Gasteiger partial charge < -0.3 is 4.79 Å². The molecule has 0 aromatic carbocycles. The van der Waals surface area contributed by atoms with E-state index in [0.29, 0.717) is 25.2 Å². The van der Waals surface area contributed by atoms with E-state index in [-0.39, 0.29) is 11.2 Å². The first kappa shape index (κ1) is 15.1. The third-order valence-corrected chi connectivity index (χ3v) is 2.58. The standard InChI is InChI=1S/C14H23O2/c1-5-12(2)7-6-8-13(16)11-14(3,4)9-10-15/h6-7,10,12H,1,5,8-9,11H2,2-4H3. The molecule has 0 heterocycles. The maximum atomic E-state index is 11.6. The summed E-state index contributed by atoms with van der Waals surface area (Å²) in [6, 6.07) is 0. The Kier molecular flexibility index (Phi) is 6.95. The molecule has 2 nitrogen and oxygen atoms in total. The number of allylic oxidation sites excluding steroid dienone is 2. The summed E-state index contributed by atoms with van der Waals surface area (Å²) in [7, 11) is 0. The predicted octanol–water partition coefficient (Wildman–Crippen LogP) is 3.37. The third-order valence-electron chi connectivity index (χ3n) is 2.58. The van der Waals surface area contributed by atoms with Gasteiger partial charge in [-0.3, -0.25) is 4.79 Å². The molecule has 91 valence electrons. The van der Waals surface area contributed by atoms with Crippen molar-refractivity contribution in [3.05, 3.63) is 19.1 Å². The van der Waals surface area contributed by atoms with Gasteiger partial charge in [-0.15, -0.1) is 0 Å². The molecular weight excluding hydrogens is 200 g/mol. The molecule has 1 unspecified atom stereocenters. The second kappa shape index (κ2) is 7.37. The molecule has 0 aliphatic rings. The molecule has 0 saturated carbocycles. The first-order valence-corrected chi connectivity index (χ1v) is 5.82. The van der Waals surface area contributed by atoms with Crippen LogP contribution in [0.1, 0.15) is 46.5 Å². The van der Waals surface area contributed by atoms with Crippen LogP contribution in [0.25, 0.3) is 0 Å². The molecule has 0 saturated heterocycles. The fraction of sp³-hybridized carbons (Fsp3) is 0.643. The zero-order chi connectivity index (χ0) is 12.6. The van der Waals surface area contributed by atoms with E-state index >= 15 is 0 Å². The van der Waals surface area contributed by atoms with Crippen LogP contribution in [0.3, 0.4) is 0 Å². The molecule has 1 atom stereocenters. The first-order valence-electron chi connectivity index (χ1n) is 5.82. The summed E-state index contributed by atoms with van der Waals surface area (Å²) < 4.78 is 0. The van der Waals surface area contributed by atoms with Crippen molar-refractivity contribution in [2.45, 2.75) is 46.5 Å². The van der Waals surface area contributed by atoms with Crippen LogP contribution >= 0.6 is 0 Å². The Morgan fingerprint density at radius 1 is 1.44 bits per heavy atom. The Labute approximate surface area is 99.1 Å². The van der Waals surface area contributed by atoms with Crippen LogP contribution in [0.15, 0.2) is 12.2 Å². The first-order chi connectivity index (χ1) is 7.41. The van der Waals surface area contributed by atoms with Crippen LogP contribution < -0.4 is 0 Å². The molecule has 0 amide bonds. The SMILES string of the molecule is [CH2]CC(C)C=CCC(=O)CC(C)(C)CC=O. The Bertz CT molecular complexity index is 251. The summed E-state index contributed by atoms with van der Waals surface area (Å²) >= 11 is 0. The van der Waals surface area contributed by atoms with Gasteiger partial charge in [-0.25, -0.2) is 0 Å². The molecule has 1 radical (unpaired) electrons. The van der Waals surface area contributed by atoms with Crippen molar-refractivity contribution in [1.29, 1.82) is 0 Å². The third kappa shape index (κ3) is 7.38. The van der Waals surface area contributed by atoms with E-state index in [4.69, 9.17) is 0 Å². The van der Waals surface area contributed by atoms with Gasteiger partial charge in [0.2, 0.25) is 0 Å². The summed E-state index contributed by atoms with van der Waals surface area (Å²) in [5.74, 6) is 0.621. The minimum absolute atomic E-state index is 0.194. The van der Waals surface area contributed by atoms with E-state index in [1.807, 2.05) is 26.0 Å². The van der Waals surface area contributed by atoms with Crippen molar-refractivity contribution < 1.29 is 9.59 Å².